The summed E-state index contributed by atoms with van der Waals surface area (Å²) in [4.78, 5) is 8.51. The second-order valence-electron chi connectivity index (χ2n) is 16.7. The van der Waals surface area contributed by atoms with Crippen molar-refractivity contribution in [1.82, 2.24) is 0 Å². The number of aliphatic imine (C=N–C) groups is 1. The predicted molar refractivity (Wildman–Crippen MR) is 231 cm³/mol. The molecule has 56 heavy (non-hydrogen) atoms. The van der Waals surface area contributed by atoms with Gasteiger partial charge in [-0.3, -0.25) is 4.99 Å². The maximum atomic E-state index is 5.82. The average molecular weight is 719 g/mol. The molecule has 1 spiro atoms. The first-order valence-electron chi connectivity index (χ1n) is 20.4. The van der Waals surface area contributed by atoms with Crippen LogP contribution in [0.3, 0.4) is 0 Å². The van der Waals surface area contributed by atoms with Gasteiger partial charge in [0, 0.05) is 22.9 Å². The van der Waals surface area contributed by atoms with E-state index in [1.807, 2.05) is 0 Å². The van der Waals surface area contributed by atoms with Gasteiger partial charge in [-0.1, -0.05) is 172 Å². The minimum Gasteiger partial charge on any atom is -0.333 e. The molecule has 3 aliphatic heterocycles. The van der Waals surface area contributed by atoms with Crippen molar-refractivity contribution in [3.8, 4) is 22.3 Å². The molecular formula is C54H42N2. The normalized spacial score (nSPS) is 21.8. The summed E-state index contributed by atoms with van der Waals surface area (Å²) in [6, 6.07) is 64.3. The van der Waals surface area contributed by atoms with Gasteiger partial charge >= 0.3 is 0 Å². The third-order valence-electron chi connectivity index (χ3n) is 13.8. The summed E-state index contributed by atoms with van der Waals surface area (Å²) < 4.78 is 0. The molecule has 12 rings (SSSR count). The number of para-hydroxylation sites is 2. The van der Waals surface area contributed by atoms with Crippen LogP contribution in [0.5, 0.6) is 0 Å². The Kier molecular flexibility index (Phi) is 6.79. The monoisotopic (exact) mass is 718 g/mol. The molecule has 4 atom stereocenters. The van der Waals surface area contributed by atoms with E-state index in [-0.39, 0.29) is 17.4 Å². The van der Waals surface area contributed by atoms with Crippen molar-refractivity contribution in [3.63, 3.8) is 0 Å². The van der Waals surface area contributed by atoms with Crippen molar-refractivity contribution in [2.24, 2.45) is 16.8 Å². The summed E-state index contributed by atoms with van der Waals surface area (Å²) in [6.45, 7) is 4.96. The Balaban J connectivity index is 1.14. The number of hydrogen-bond donors (Lipinski definition) is 0. The number of fused-ring (bicyclic) bond motifs is 17. The zero-order valence-corrected chi connectivity index (χ0v) is 31.8. The molecule has 0 saturated heterocycles. The van der Waals surface area contributed by atoms with Crippen molar-refractivity contribution in [1.29, 1.82) is 0 Å². The first kappa shape index (κ1) is 32.0. The van der Waals surface area contributed by atoms with Crippen molar-refractivity contribution in [2.45, 2.75) is 44.1 Å². The number of hydrogen-bond acceptors (Lipinski definition) is 2. The van der Waals surface area contributed by atoms with E-state index >= 15 is 0 Å². The highest BCUT2D eigenvalue weighted by atomic mass is 15.2. The SMILES string of the molecule is CC1CC(c2ccccc2)=NC2=C(C1c1ccc3c(c1)C1(c4ccccc4-c4ccccc41)c1ccccc1-3)C1C(C)Cc3ccccc3N1c1ccccc12. The van der Waals surface area contributed by atoms with Crippen LogP contribution < -0.4 is 4.90 Å². The Morgan fingerprint density at radius 1 is 0.500 bits per heavy atom. The lowest BCUT2D eigenvalue weighted by Crippen LogP contribution is -2.47. The number of rotatable bonds is 2. The van der Waals surface area contributed by atoms with Crippen LogP contribution in [0.1, 0.15) is 70.7 Å². The van der Waals surface area contributed by atoms with Gasteiger partial charge in [0.25, 0.3) is 0 Å². The van der Waals surface area contributed by atoms with Gasteiger partial charge in [-0.2, -0.15) is 0 Å². The summed E-state index contributed by atoms with van der Waals surface area (Å²) in [6.07, 6.45) is 1.94. The Morgan fingerprint density at radius 3 is 1.73 bits per heavy atom. The van der Waals surface area contributed by atoms with Crippen LogP contribution in [-0.2, 0) is 11.8 Å². The van der Waals surface area contributed by atoms with Gasteiger partial charge < -0.3 is 4.90 Å². The standard InChI is InChI=1S/C54H42N2/c1-33-31-47(35-16-4-3-5-17-35)55-52-42-22-10-15-27-49(42)56-48-26-14-6-18-36(48)30-34(2)53(56)51(52)50(33)37-28-29-41-40-21-9-13-25-45(40)54(46(41)32-37)43-23-11-7-19-38(43)39-20-8-12-24-44(39)54/h3-29,32-34,50,53H,30-31H2,1-2H3. The zero-order chi connectivity index (χ0) is 37.1. The summed E-state index contributed by atoms with van der Waals surface area (Å²) >= 11 is 0. The molecule has 3 heterocycles. The van der Waals surface area contributed by atoms with E-state index in [9.17, 15) is 0 Å². The number of nitrogens with zero attached hydrogens (tertiary/aromatic N) is 2. The molecule has 0 bridgehead atoms. The average Bonchev–Trinajstić information content (AvgIpc) is 3.65. The van der Waals surface area contributed by atoms with Gasteiger partial charge in [0.15, 0.2) is 0 Å². The van der Waals surface area contributed by atoms with Gasteiger partial charge in [-0.05, 0) is 104 Å². The van der Waals surface area contributed by atoms with Crippen LogP contribution >= 0.6 is 0 Å². The van der Waals surface area contributed by atoms with Gasteiger partial charge in [-0.25, -0.2) is 0 Å². The van der Waals surface area contributed by atoms with Crippen molar-refractivity contribution in [2.75, 3.05) is 4.90 Å². The molecule has 7 aromatic carbocycles. The van der Waals surface area contributed by atoms with Crippen LogP contribution in [0.4, 0.5) is 11.4 Å². The van der Waals surface area contributed by atoms with Crippen LogP contribution in [0.25, 0.3) is 28.0 Å². The Hall–Kier alpha value is -6.25. The molecule has 0 saturated carbocycles. The molecular weight excluding hydrogens is 677 g/mol. The maximum Gasteiger partial charge on any atom is 0.0745 e. The third kappa shape index (κ3) is 4.19. The van der Waals surface area contributed by atoms with Crippen LogP contribution in [0, 0.1) is 11.8 Å². The lowest BCUT2D eigenvalue weighted by atomic mass is 9.67. The van der Waals surface area contributed by atoms with E-state index < -0.39 is 0 Å². The maximum absolute atomic E-state index is 5.82. The van der Waals surface area contributed by atoms with E-state index in [4.69, 9.17) is 4.99 Å². The van der Waals surface area contributed by atoms with Crippen molar-refractivity contribution >= 4 is 22.8 Å². The fourth-order valence-electron chi connectivity index (χ4n) is 11.7. The third-order valence-corrected chi connectivity index (χ3v) is 13.8. The van der Waals surface area contributed by atoms with E-state index in [2.05, 4.69) is 189 Å². The van der Waals surface area contributed by atoms with Gasteiger partial charge in [-0.15, -0.1) is 0 Å². The van der Waals surface area contributed by atoms with Crippen molar-refractivity contribution < 1.29 is 0 Å². The van der Waals surface area contributed by atoms with Crippen LogP contribution in [0.2, 0.25) is 0 Å². The summed E-state index contributed by atoms with van der Waals surface area (Å²) in [5.74, 6) is 0.852. The second-order valence-corrected chi connectivity index (χ2v) is 16.7. The largest absolute Gasteiger partial charge is 0.333 e. The molecule has 268 valence electrons. The lowest BCUT2D eigenvalue weighted by Gasteiger charge is -2.49. The number of anilines is 2. The van der Waals surface area contributed by atoms with E-state index in [0.717, 1.165) is 12.8 Å². The summed E-state index contributed by atoms with van der Waals surface area (Å²) in [7, 11) is 0. The first-order chi connectivity index (χ1) is 27.6. The number of benzene rings is 7. The second kappa shape index (κ2) is 11.9. The van der Waals surface area contributed by atoms with Gasteiger partial charge in [0.1, 0.15) is 0 Å². The molecule has 0 amide bonds. The molecule has 4 unspecified atom stereocenters. The van der Waals surface area contributed by atoms with Gasteiger partial charge in [0.05, 0.1) is 22.8 Å². The molecule has 2 nitrogen and oxygen atoms in total. The molecule has 0 N–H and O–H groups in total. The minimum absolute atomic E-state index is 0.154. The molecule has 5 aliphatic rings. The van der Waals surface area contributed by atoms with E-state index in [1.54, 1.807) is 0 Å². The smallest absolute Gasteiger partial charge is 0.0745 e. The fourth-order valence-corrected chi connectivity index (χ4v) is 11.7. The molecule has 7 aromatic rings. The zero-order valence-electron chi connectivity index (χ0n) is 31.8. The topological polar surface area (TPSA) is 15.6 Å². The van der Waals surface area contributed by atoms with E-state index in [1.165, 1.54) is 95.1 Å². The minimum atomic E-state index is -0.381. The fraction of sp³-hybridized carbons (Fsp3) is 0.167. The summed E-state index contributed by atoms with van der Waals surface area (Å²) in [5.41, 5.74) is 22.3. The van der Waals surface area contributed by atoms with E-state index in [0.29, 0.717) is 11.8 Å². The Bertz CT molecular complexity index is 2760. The van der Waals surface area contributed by atoms with Crippen LogP contribution in [0.15, 0.2) is 180 Å². The van der Waals surface area contributed by atoms with Crippen LogP contribution in [-0.4, -0.2) is 11.8 Å². The quantitative estimate of drug-likeness (QED) is 0.174. The molecule has 0 aromatic heterocycles. The molecule has 2 aliphatic carbocycles. The summed E-state index contributed by atoms with van der Waals surface area (Å²) in [5, 5.41) is 0. The molecule has 0 radical (unpaired) electrons. The molecule has 0 fully saturated rings. The molecule has 2 heteroatoms. The Morgan fingerprint density at radius 2 is 1.05 bits per heavy atom. The first-order valence-corrected chi connectivity index (χ1v) is 20.4. The van der Waals surface area contributed by atoms with Crippen molar-refractivity contribution in [3.05, 3.63) is 220 Å². The highest BCUT2D eigenvalue weighted by Crippen LogP contribution is 2.64. The highest BCUT2D eigenvalue weighted by molar-refractivity contribution is 6.06. The lowest BCUT2D eigenvalue weighted by molar-refractivity contribution is 0.419. The van der Waals surface area contributed by atoms with Gasteiger partial charge in [0.2, 0.25) is 0 Å². The Labute approximate surface area is 329 Å². The predicted octanol–water partition coefficient (Wildman–Crippen LogP) is 12.8. The highest BCUT2D eigenvalue weighted by Gasteiger charge is 2.52.